The third kappa shape index (κ3) is 7.31. The average molecular weight is 505 g/mol. The average Bonchev–Trinajstić information content (AvgIpc) is 3.18. The van der Waals surface area contributed by atoms with Crippen LogP contribution in [0.2, 0.25) is 0 Å². The first-order chi connectivity index (χ1) is 13.2. The number of rotatable bonds is 10. The van der Waals surface area contributed by atoms with Crippen molar-refractivity contribution in [2.45, 2.75) is 38.5 Å². The van der Waals surface area contributed by atoms with Gasteiger partial charge in [-0.3, -0.25) is 4.99 Å². The summed E-state index contributed by atoms with van der Waals surface area (Å²) >= 11 is 0. The summed E-state index contributed by atoms with van der Waals surface area (Å²) in [5.74, 6) is 2.57. The standard InChI is InChI=1S/C21H35N3O3.HI/c1-22-20(24-16-21(12-14-25-2)10-5-6-11-21)23-13-9-17-15-18(26-3)7-8-19(17)27-4;/h7-8,15H,5-6,9-14,16H2,1-4H3,(H2,22,23,24);1H. The molecule has 160 valence electrons. The number of guanidine groups is 1. The number of aliphatic imine (C=N–C) groups is 1. The van der Waals surface area contributed by atoms with Gasteiger partial charge in [-0.25, -0.2) is 0 Å². The van der Waals surface area contributed by atoms with Crippen LogP contribution in [0.4, 0.5) is 0 Å². The first kappa shape index (κ1) is 24.8. The van der Waals surface area contributed by atoms with E-state index in [0.717, 1.165) is 55.6 Å². The number of methoxy groups -OCH3 is 3. The van der Waals surface area contributed by atoms with Crippen LogP contribution in [0.15, 0.2) is 23.2 Å². The molecule has 0 spiro atoms. The highest BCUT2D eigenvalue weighted by atomic mass is 127. The summed E-state index contributed by atoms with van der Waals surface area (Å²) in [5, 5.41) is 6.94. The minimum absolute atomic E-state index is 0. The Morgan fingerprint density at radius 3 is 2.46 bits per heavy atom. The lowest BCUT2D eigenvalue weighted by atomic mass is 9.83. The number of hydrogen-bond donors (Lipinski definition) is 2. The quantitative estimate of drug-likeness (QED) is 0.289. The van der Waals surface area contributed by atoms with Crippen molar-refractivity contribution in [3.05, 3.63) is 23.8 Å². The Morgan fingerprint density at radius 2 is 1.86 bits per heavy atom. The maximum Gasteiger partial charge on any atom is 0.191 e. The lowest BCUT2D eigenvalue weighted by Crippen LogP contribution is -2.43. The van der Waals surface area contributed by atoms with Crippen molar-refractivity contribution in [1.29, 1.82) is 0 Å². The second kappa shape index (κ2) is 13.1. The molecule has 0 atom stereocenters. The molecule has 1 aromatic carbocycles. The summed E-state index contributed by atoms with van der Waals surface area (Å²) in [6.07, 6.45) is 7.09. The Labute approximate surface area is 186 Å². The van der Waals surface area contributed by atoms with E-state index in [1.807, 2.05) is 25.2 Å². The minimum atomic E-state index is 0. The van der Waals surface area contributed by atoms with Gasteiger partial charge in [0, 0.05) is 33.9 Å². The zero-order chi connectivity index (χ0) is 19.5. The van der Waals surface area contributed by atoms with E-state index in [4.69, 9.17) is 14.2 Å². The largest absolute Gasteiger partial charge is 0.497 e. The molecule has 1 aliphatic carbocycles. The molecule has 0 aliphatic heterocycles. The molecule has 2 N–H and O–H groups in total. The van der Waals surface area contributed by atoms with Crippen LogP contribution in [0.5, 0.6) is 11.5 Å². The van der Waals surface area contributed by atoms with Crippen molar-refractivity contribution < 1.29 is 14.2 Å². The van der Waals surface area contributed by atoms with Crippen LogP contribution < -0.4 is 20.1 Å². The SMILES string of the molecule is CN=C(NCCc1cc(OC)ccc1OC)NCC1(CCOC)CCCC1.I. The Hall–Kier alpha value is -1.22. The van der Waals surface area contributed by atoms with E-state index in [1.165, 1.54) is 25.7 Å². The van der Waals surface area contributed by atoms with Gasteiger partial charge in [0.05, 0.1) is 14.2 Å². The molecule has 1 fully saturated rings. The summed E-state index contributed by atoms with van der Waals surface area (Å²) in [6, 6.07) is 5.88. The molecule has 7 heteroatoms. The van der Waals surface area contributed by atoms with Gasteiger partial charge in [0.2, 0.25) is 0 Å². The second-order valence-corrected chi connectivity index (χ2v) is 7.23. The van der Waals surface area contributed by atoms with Gasteiger partial charge in [0.1, 0.15) is 11.5 Å². The van der Waals surface area contributed by atoms with Crippen LogP contribution in [0.25, 0.3) is 0 Å². The molecule has 0 aromatic heterocycles. The van der Waals surface area contributed by atoms with Crippen LogP contribution in [0, 0.1) is 5.41 Å². The Bertz CT molecular complexity index is 605. The van der Waals surface area contributed by atoms with Crippen LogP contribution >= 0.6 is 24.0 Å². The van der Waals surface area contributed by atoms with Gasteiger partial charge in [0.25, 0.3) is 0 Å². The van der Waals surface area contributed by atoms with Crippen molar-refractivity contribution >= 4 is 29.9 Å². The van der Waals surface area contributed by atoms with E-state index in [1.54, 1.807) is 21.3 Å². The van der Waals surface area contributed by atoms with Crippen LogP contribution in [0.3, 0.4) is 0 Å². The first-order valence-electron chi connectivity index (χ1n) is 9.81. The summed E-state index contributed by atoms with van der Waals surface area (Å²) in [4.78, 5) is 4.38. The summed E-state index contributed by atoms with van der Waals surface area (Å²) in [7, 11) is 6.97. The van der Waals surface area contributed by atoms with Crippen molar-refractivity contribution in [3.63, 3.8) is 0 Å². The van der Waals surface area contributed by atoms with Gasteiger partial charge in [0.15, 0.2) is 5.96 Å². The topological polar surface area (TPSA) is 64.1 Å². The van der Waals surface area contributed by atoms with Gasteiger partial charge in [-0.2, -0.15) is 0 Å². The first-order valence-corrected chi connectivity index (χ1v) is 9.81. The lowest BCUT2D eigenvalue weighted by Gasteiger charge is -2.30. The van der Waals surface area contributed by atoms with Gasteiger partial charge >= 0.3 is 0 Å². The summed E-state index contributed by atoms with van der Waals surface area (Å²) < 4.78 is 16.1. The van der Waals surface area contributed by atoms with Crippen molar-refractivity contribution in [3.8, 4) is 11.5 Å². The maximum atomic E-state index is 5.45. The van der Waals surface area contributed by atoms with Crippen LogP contribution in [-0.4, -0.2) is 54.0 Å². The molecule has 0 bridgehead atoms. The molecule has 0 saturated heterocycles. The predicted molar refractivity (Wildman–Crippen MR) is 125 cm³/mol. The third-order valence-electron chi connectivity index (χ3n) is 5.53. The van der Waals surface area contributed by atoms with Gasteiger partial charge < -0.3 is 24.8 Å². The highest BCUT2D eigenvalue weighted by Gasteiger charge is 2.33. The van der Waals surface area contributed by atoms with Crippen LogP contribution in [0.1, 0.15) is 37.7 Å². The van der Waals surface area contributed by atoms with Gasteiger partial charge in [-0.05, 0) is 54.9 Å². The monoisotopic (exact) mass is 505 g/mol. The fourth-order valence-corrected chi connectivity index (χ4v) is 3.84. The number of benzene rings is 1. The minimum Gasteiger partial charge on any atom is -0.497 e. The summed E-state index contributed by atoms with van der Waals surface area (Å²) in [6.45, 7) is 2.54. The molecule has 0 radical (unpaired) electrons. The highest BCUT2D eigenvalue weighted by Crippen LogP contribution is 2.40. The summed E-state index contributed by atoms with van der Waals surface area (Å²) in [5.41, 5.74) is 1.45. The normalized spacial score (nSPS) is 15.6. The zero-order valence-corrected chi connectivity index (χ0v) is 20.0. The molecule has 28 heavy (non-hydrogen) atoms. The molecule has 0 unspecified atom stereocenters. The number of halogens is 1. The number of nitrogens with zero attached hydrogens (tertiary/aromatic N) is 1. The van der Waals surface area contributed by atoms with E-state index >= 15 is 0 Å². The molecular formula is C21H36IN3O3. The molecule has 0 amide bonds. The van der Waals surface area contributed by atoms with E-state index in [2.05, 4.69) is 15.6 Å². The molecule has 0 heterocycles. The molecule has 1 saturated carbocycles. The zero-order valence-electron chi connectivity index (χ0n) is 17.7. The van der Waals surface area contributed by atoms with Crippen molar-refractivity contribution in [2.75, 3.05) is 48.1 Å². The molecule has 2 rings (SSSR count). The Kier molecular flexibility index (Phi) is 11.6. The van der Waals surface area contributed by atoms with E-state index in [-0.39, 0.29) is 24.0 Å². The Balaban J connectivity index is 0.00000392. The van der Waals surface area contributed by atoms with Crippen LogP contribution in [-0.2, 0) is 11.2 Å². The number of hydrogen-bond acceptors (Lipinski definition) is 4. The van der Waals surface area contributed by atoms with Gasteiger partial charge in [-0.1, -0.05) is 12.8 Å². The van der Waals surface area contributed by atoms with E-state index in [9.17, 15) is 0 Å². The molecular weight excluding hydrogens is 469 g/mol. The predicted octanol–water partition coefficient (Wildman–Crippen LogP) is 3.63. The van der Waals surface area contributed by atoms with E-state index < -0.39 is 0 Å². The van der Waals surface area contributed by atoms with Crippen molar-refractivity contribution in [2.24, 2.45) is 10.4 Å². The molecule has 6 nitrogen and oxygen atoms in total. The third-order valence-corrected chi connectivity index (χ3v) is 5.53. The van der Waals surface area contributed by atoms with E-state index in [0.29, 0.717) is 5.41 Å². The second-order valence-electron chi connectivity index (χ2n) is 7.23. The van der Waals surface area contributed by atoms with Gasteiger partial charge in [-0.15, -0.1) is 24.0 Å². The fourth-order valence-electron chi connectivity index (χ4n) is 3.84. The smallest absolute Gasteiger partial charge is 0.191 e. The van der Waals surface area contributed by atoms with Crippen molar-refractivity contribution in [1.82, 2.24) is 10.6 Å². The lowest BCUT2D eigenvalue weighted by molar-refractivity contribution is 0.138. The fraction of sp³-hybridized carbons (Fsp3) is 0.667. The number of ether oxygens (including phenoxy) is 3. The Morgan fingerprint density at radius 1 is 1.11 bits per heavy atom. The maximum absolute atomic E-state index is 5.45. The molecule has 1 aliphatic rings. The highest BCUT2D eigenvalue weighted by molar-refractivity contribution is 14.0. The molecule has 1 aromatic rings. The number of nitrogens with one attached hydrogen (secondary N) is 2.